The Labute approximate surface area is 153 Å². The van der Waals surface area contributed by atoms with Gasteiger partial charge in [-0.15, -0.1) is 0 Å². The van der Waals surface area contributed by atoms with Crippen LogP contribution < -0.4 is 5.11 Å². The predicted octanol–water partition coefficient (Wildman–Crippen LogP) is 2.13. The molecule has 0 radical (unpaired) electrons. The van der Waals surface area contributed by atoms with Gasteiger partial charge in [-0.05, 0) is 36.1 Å². The maximum atomic E-state index is 13.3. The zero-order valence-corrected chi connectivity index (χ0v) is 15.0. The molecule has 1 amide bonds. The zero-order chi connectivity index (χ0) is 18.4. The molecule has 0 saturated heterocycles. The van der Waals surface area contributed by atoms with E-state index in [1.165, 1.54) is 0 Å². The lowest BCUT2D eigenvalue weighted by Gasteiger charge is -2.51. The van der Waals surface area contributed by atoms with Crippen molar-refractivity contribution < 1.29 is 14.7 Å². The number of aliphatic carboxylic acids is 1. The minimum Gasteiger partial charge on any atom is -0.550 e. The summed E-state index contributed by atoms with van der Waals surface area (Å²) in [5.74, 6) is -3.23. The Kier molecular flexibility index (Phi) is 4.06. The number of nitrogens with zero attached hydrogens (tertiary/aromatic N) is 1. The first-order chi connectivity index (χ1) is 12.6. The van der Waals surface area contributed by atoms with Crippen LogP contribution in [-0.4, -0.2) is 29.9 Å². The third-order valence-corrected chi connectivity index (χ3v) is 6.07. The second-order valence-electron chi connectivity index (χ2n) is 7.09. The number of carbonyl (C=O) groups is 2. The van der Waals surface area contributed by atoms with Gasteiger partial charge in [-0.2, -0.15) is 0 Å². The van der Waals surface area contributed by atoms with Crippen LogP contribution in [0.15, 0.2) is 48.5 Å². The van der Waals surface area contributed by atoms with Crippen LogP contribution in [0.4, 0.5) is 0 Å². The Morgan fingerprint density at radius 1 is 0.808 bits per heavy atom. The normalized spacial score (nSPS) is 25.3. The van der Waals surface area contributed by atoms with Crippen LogP contribution in [0, 0.1) is 11.8 Å². The third kappa shape index (κ3) is 2.21. The van der Waals surface area contributed by atoms with Gasteiger partial charge in [0.2, 0.25) is 5.91 Å². The molecule has 0 saturated carbocycles. The predicted molar refractivity (Wildman–Crippen MR) is 96.5 cm³/mol. The van der Waals surface area contributed by atoms with E-state index in [-0.39, 0.29) is 17.7 Å². The Morgan fingerprint density at radius 3 is 1.54 bits per heavy atom. The zero-order valence-electron chi connectivity index (χ0n) is 15.0. The van der Waals surface area contributed by atoms with Crippen molar-refractivity contribution in [2.45, 2.75) is 25.7 Å². The fraction of sp³-hybridized carbons (Fsp3) is 0.364. The minimum absolute atomic E-state index is 0.0804. The number of carboxylic acid groups (broad SMARTS) is 1. The summed E-state index contributed by atoms with van der Waals surface area (Å²) in [6.07, 6.45) is 0. The average Bonchev–Trinajstić information content (AvgIpc) is 2.68. The summed E-state index contributed by atoms with van der Waals surface area (Å²) in [6.45, 7) is 5.01. The van der Waals surface area contributed by atoms with Gasteiger partial charge < -0.3 is 14.8 Å². The molecule has 0 aromatic heterocycles. The highest BCUT2D eigenvalue weighted by molar-refractivity contribution is 5.89. The molecule has 134 valence electrons. The van der Waals surface area contributed by atoms with Crippen molar-refractivity contribution in [1.29, 1.82) is 0 Å². The van der Waals surface area contributed by atoms with E-state index in [2.05, 4.69) is 0 Å². The summed E-state index contributed by atoms with van der Waals surface area (Å²) in [5.41, 5.74) is 4.21. The molecule has 5 rings (SSSR count). The van der Waals surface area contributed by atoms with Crippen LogP contribution >= 0.6 is 0 Å². The molecule has 26 heavy (non-hydrogen) atoms. The maximum absolute atomic E-state index is 13.3. The van der Waals surface area contributed by atoms with Crippen molar-refractivity contribution in [3.8, 4) is 0 Å². The van der Waals surface area contributed by atoms with Gasteiger partial charge in [0.15, 0.2) is 0 Å². The molecular formula is C22H22NO3-. The lowest BCUT2D eigenvalue weighted by atomic mass is 9.54. The minimum atomic E-state index is -1.13. The Morgan fingerprint density at radius 2 is 1.19 bits per heavy atom. The third-order valence-electron chi connectivity index (χ3n) is 6.07. The van der Waals surface area contributed by atoms with Crippen molar-refractivity contribution in [3.63, 3.8) is 0 Å². The van der Waals surface area contributed by atoms with Gasteiger partial charge in [-0.3, -0.25) is 4.79 Å². The largest absolute Gasteiger partial charge is 0.550 e. The van der Waals surface area contributed by atoms with E-state index in [0.717, 1.165) is 22.3 Å². The lowest BCUT2D eigenvalue weighted by molar-refractivity contribution is -0.314. The number of amides is 1. The topological polar surface area (TPSA) is 60.4 Å². The molecule has 4 heteroatoms. The summed E-state index contributed by atoms with van der Waals surface area (Å²) >= 11 is 0. The molecule has 0 heterocycles. The second kappa shape index (κ2) is 6.27. The second-order valence-corrected chi connectivity index (χ2v) is 7.09. The average molecular weight is 348 g/mol. The van der Waals surface area contributed by atoms with Gasteiger partial charge in [0.1, 0.15) is 0 Å². The van der Waals surface area contributed by atoms with Crippen molar-refractivity contribution in [2.75, 3.05) is 13.1 Å². The SMILES string of the molecule is CCN(CC)C(=O)[C@@H]1C2c3ccccc3C(c3ccccc32)[C@H]1C(=O)[O-]. The van der Waals surface area contributed by atoms with E-state index in [1.807, 2.05) is 62.4 Å². The standard InChI is InChI=1S/C22H23NO3/c1-3-23(4-2)21(24)19-17-13-9-5-7-11-15(13)18(20(19)22(25)26)16-12-8-6-10-14(16)17/h5-12,17-20H,3-4H2,1-2H3,(H,25,26)/p-1/t17?,18?,19-,20-/m1/s1. The van der Waals surface area contributed by atoms with E-state index in [1.54, 1.807) is 4.90 Å². The van der Waals surface area contributed by atoms with Crippen molar-refractivity contribution in [1.82, 2.24) is 4.90 Å². The quantitative estimate of drug-likeness (QED) is 0.850. The van der Waals surface area contributed by atoms with Gasteiger partial charge in [0.25, 0.3) is 0 Å². The number of carboxylic acids is 1. The van der Waals surface area contributed by atoms with E-state index < -0.39 is 17.8 Å². The van der Waals surface area contributed by atoms with Crippen LogP contribution in [0.1, 0.15) is 47.9 Å². The number of rotatable bonds is 4. The van der Waals surface area contributed by atoms with Crippen molar-refractivity contribution in [2.24, 2.45) is 11.8 Å². The number of hydrogen-bond donors (Lipinski definition) is 0. The van der Waals surface area contributed by atoms with Crippen LogP contribution in [0.25, 0.3) is 0 Å². The Hall–Kier alpha value is -2.62. The van der Waals surface area contributed by atoms with Crippen LogP contribution in [0.3, 0.4) is 0 Å². The van der Waals surface area contributed by atoms with E-state index in [0.29, 0.717) is 13.1 Å². The Balaban J connectivity index is 1.96. The molecule has 3 aliphatic carbocycles. The van der Waals surface area contributed by atoms with Gasteiger partial charge in [-0.1, -0.05) is 48.5 Å². The number of benzene rings is 2. The summed E-state index contributed by atoms with van der Waals surface area (Å²) < 4.78 is 0. The summed E-state index contributed by atoms with van der Waals surface area (Å²) in [6, 6.07) is 15.9. The molecule has 2 bridgehead atoms. The van der Waals surface area contributed by atoms with Gasteiger partial charge in [-0.25, -0.2) is 0 Å². The first kappa shape index (κ1) is 16.8. The maximum Gasteiger partial charge on any atom is 0.227 e. The molecule has 0 fully saturated rings. The number of carbonyl (C=O) groups excluding carboxylic acids is 2. The molecule has 0 unspecified atom stereocenters. The van der Waals surface area contributed by atoms with Crippen LogP contribution in [0.2, 0.25) is 0 Å². The number of fused-ring (bicyclic) bond motifs is 1. The fourth-order valence-electron chi connectivity index (χ4n) is 5.00. The highest BCUT2D eigenvalue weighted by atomic mass is 16.4. The fourth-order valence-corrected chi connectivity index (χ4v) is 5.00. The lowest BCUT2D eigenvalue weighted by Crippen LogP contribution is -2.54. The molecule has 0 N–H and O–H groups in total. The number of hydrogen-bond acceptors (Lipinski definition) is 3. The summed E-state index contributed by atoms with van der Waals surface area (Å²) in [7, 11) is 0. The van der Waals surface area contributed by atoms with Gasteiger partial charge in [0.05, 0.1) is 5.92 Å². The molecule has 2 aromatic rings. The highest BCUT2D eigenvalue weighted by Gasteiger charge is 2.53. The van der Waals surface area contributed by atoms with E-state index in [9.17, 15) is 14.7 Å². The van der Waals surface area contributed by atoms with E-state index >= 15 is 0 Å². The molecule has 0 aliphatic heterocycles. The first-order valence-corrected chi connectivity index (χ1v) is 9.27. The first-order valence-electron chi connectivity index (χ1n) is 9.27. The van der Waals surface area contributed by atoms with Gasteiger partial charge in [0, 0.05) is 36.8 Å². The molecule has 2 aromatic carbocycles. The van der Waals surface area contributed by atoms with Crippen LogP contribution in [0.5, 0.6) is 0 Å². The van der Waals surface area contributed by atoms with Crippen LogP contribution in [-0.2, 0) is 9.59 Å². The summed E-state index contributed by atoms with van der Waals surface area (Å²) in [4.78, 5) is 27.3. The van der Waals surface area contributed by atoms with Crippen molar-refractivity contribution in [3.05, 3.63) is 70.8 Å². The van der Waals surface area contributed by atoms with Gasteiger partial charge >= 0.3 is 0 Å². The molecule has 4 nitrogen and oxygen atoms in total. The Bertz CT molecular complexity index is 824. The van der Waals surface area contributed by atoms with Crippen molar-refractivity contribution >= 4 is 11.9 Å². The molecule has 3 aliphatic rings. The smallest absolute Gasteiger partial charge is 0.227 e. The molecule has 0 spiro atoms. The summed E-state index contributed by atoms with van der Waals surface area (Å²) in [5, 5.41) is 12.2. The highest BCUT2D eigenvalue weighted by Crippen LogP contribution is 2.58. The monoisotopic (exact) mass is 348 g/mol. The van der Waals surface area contributed by atoms with E-state index in [4.69, 9.17) is 0 Å². The molecule has 2 atom stereocenters. The molecular weight excluding hydrogens is 326 g/mol.